The SMILES string of the molecule is CCC(C)N(CC)CCC(=O)c1cccc(C)c1. The molecule has 1 rings (SSSR count). The Labute approximate surface area is 111 Å². The molecule has 0 radical (unpaired) electrons. The number of Topliss-reactive ketones (excluding diaryl/α,β-unsaturated/α-hetero) is 1. The number of hydrogen-bond donors (Lipinski definition) is 0. The molecule has 0 N–H and O–H groups in total. The molecule has 0 saturated heterocycles. The Morgan fingerprint density at radius 3 is 2.61 bits per heavy atom. The zero-order valence-electron chi connectivity index (χ0n) is 12.1. The van der Waals surface area contributed by atoms with E-state index in [1.165, 1.54) is 0 Å². The lowest BCUT2D eigenvalue weighted by Gasteiger charge is -2.26. The van der Waals surface area contributed by atoms with Crippen LogP contribution in [-0.4, -0.2) is 29.8 Å². The largest absolute Gasteiger partial charge is 0.300 e. The Balaban J connectivity index is 2.55. The van der Waals surface area contributed by atoms with Crippen LogP contribution in [0.2, 0.25) is 0 Å². The number of carbonyl (C=O) groups excluding carboxylic acids is 1. The smallest absolute Gasteiger partial charge is 0.164 e. The lowest BCUT2D eigenvalue weighted by atomic mass is 10.1. The molecule has 0 saturated carbocycles. The quantitative estimate of drug-likeness (QED) is 0.685. The van der Waals surface area contributed by atoms with Crippen molar-refractivity contribution in [3.63, 3.8) is 0 Å². The van der Waals surface area contributed by atoms with Gasteiger partial charge in [0.05, 0.1) is 0 Å². The van der Waals surface area contributed by atoms with Gasteiger partial charge in [0, 0.05) is 24.6 Å². The van der Waals surface area contributed by atoms with E-state index in [4.69, 9.17) is 0 Å². The number of nitrogens with zero attached hydrogens (tertiary/aromatic N) is 1. The highest BCUT2D eigenvalue weighted by Crippen LogP contribution is 2.09. The van der Waals surface area contributed by atoms with Gasteiger partial charge in [0.2, 0.25) is 0 Å². The third-order valence-electron chi connectivity index (χ3n) is 3.59. The van der Waals surface area contributed by atoms with Crippen LogP contribution in [0.5, 0.6) is 0 Å². The highest BCUT2D eigenvalue weighted by Gasteiger charge is 2.12. The molecule has 2 nitrogen and oxygen atoms in total. The molecule has 18 heavy (non-hydrogen) atoms. The fourth-order valence-electron chi connectivity index (χ4n) is 2.16. The summed E-state index contributed by atoms with van der Waals surface area (Å²) in [5.74, 6) is 0.250. The maximum Gasteiger partial charge on any atom is 0.164 e. The maximum atomic E-state index is 12.1. The summed E-state index contributed by atoms with van der Waals surface area (Å²) < 4.78 is 0. The van der Waals surface area contributed by atoms with Crippen molar-refractivity contribution in [3.05, 3.63) is 35.4 Å². The summed E-state index contributed by atoms with van der Waals surface area (Å²) in [4.78, 5) is 14.5. The molecule has 1 atom stereocenters. The van der Waals surface area contributed by atoms with Crippen molar-refractivity contribution in [1.29, 1.82) is 0 Å². The monoisotopic (exact) mass is 247 g/mol. The minimum absolute atomic E-state index is 0.250. The Hall–Kier alpha value is -1.15. The van der Waals surface area contributed by atoms with E-state index in [1.54, 1.807) is 0 Å². The first kappa shape index (κ1) is 14.9. The Morgan fingerprint density at radius 2 is 2.06 bits per heavy atom. The molecule has 2 heteroatoms. The molecular weight excluding hydrogens is 222 g/mol. The van der Waals surface area contributed by atoms with Crippen LogP contribution in [0.4, 0.5) is 0 Å². The van der Waals surface area contributed by atoms with Crippen molar-refractivity contribution < 1.29 is 4.79 Å². The molecule has 1 aromatic rings. The van der Waals surface area contributed by atoms with Crippen molar-refractivity contribution in [2.75, 3.05) is 13.1 Å². The number of carbonyl (C=O) groups is 1. The summed E-state index contributed by atoms with van der Waals surface area (Å²) >= 11 is 0. The molecule has 100 valence electrons. The van der Waals surface area contributed by atoms with Gasteiger partial charge in [0.25, 0.3) is 0 Å². The van der Waals surface area contributed by atoms with Crippen molar-refractivity contribution in [3.8, 4) is 0 Å². The summed E-state index contributed by atoms with van der Waals surface area (Å²) in [6.45, 7) is 10.5. The van der Waals surface area contributed by atoms with Gasteiger partial charge in [0.15, 0.2) is 5.78 Å². The minimum Gasteiger partial charge on any atom is -0.300 e. The molecule has 0 spiro atoms. The first-order chi connectivity index (χ1) is 8.58. The fraction of sp³-hybridized carbons (Fsp3) is 0.562. The number of ketones is 1. The topological polar surface area (TPSA) is 20.3 Å². The standard InChI is InChI=1S/C16H25NO/c1-5-14(4)17(6-2)11-10-16(18)15-9-7-8-13(3)12-15/h7-9,12,14H,5-6,10-11H2,1-4H3. The normalized spacial score (nSPS) is 12.7. The van der Waals surface area contributed by atoms with Crippen molar-refractivity contribution in [2.24, 2.45) is 0 Å². The van der Waals surface area contributed by atoms with Crippen molar-refractivity contribution in [2.45, 2.75) is 46.6 Å². The van der Waals surface area contributed by atoms with Crippen molar-refractivity contribution >= 4 is 5.78 Å². The van der Waals surface area contributed by atoms with Gasteiger partial charge in [-0.05, 0) is 32.9 Å². The van der Waals surface area contributed by atoms with Gasteiger partial charge in [-0.15, -0.1) is 0 Å². The number of benzene rings is 1. The van der Waals surface area contributed by atoms with E-state index < -0.39 is 0 Å². The van der Waals surface area contributed by atoms with Crippen LogP contribution in [0.15, 0.2) is 24.3 Å². The molecule has 0 aliphatic rings. The van der Waals surface area contributed by atoms with Crippen LogP contribution in [0.25, 0.3) is 0 Å². The van der Waals surface area contributed by atoms with Gasteiger partial charge in [-0.3, -0.25) is 4.79 Å². The number of rotatable bonds is 7. The summed E-state index contributed by atoms with van der Waals surface area (Å²) in [5.41, 5.74) is 1.99. The van der Waals surface area contributed by atoms with E-state index in [2.05, 4.69) is 25.7 Å². The maximum absolute atomic E-state index is 12.1. The highest BCUT2D eigenvalue weighted by molar-refractivity contribution is 5.96. The van der Waals surface area contributed by atoms with Gasteiger partial charge in [-0.25, -0.2) is 0 Å². The van der Waals surface area contributed by atoms with Gasteiger partial charge in [-0.1, -0.05) is 37.6 Å². The summed E-state index contributed by atoms with van der Waals surface area (Å²) in [6, 6.07) is 8.42. The zero-order chi connectivity index (χ0) is 13.5. The van der Waals surface area contributed by atoms with Gasteiger partial charge >= 0.3 is 0 Å². The third kappa shape index (κ3) is 4.26. The predicted molar refractivity (Wildman–Crippen MR) is 77.1 cm³/mol. The minimum atomic E-state index is 0.250. The lowest BCUT2D eigenvalue weighted by Crippen LogP contribution is -2.34. The average molecular weight is 247 g/mol. The van der Waals surface area contributed by atoms with Crippen LogP contribution >= 0.6 is 0 Å². The second kappa shape index (κ2) is 7.32. The Kier molecular flexibility index (Phi) is 6.06. The summed E-state index contributed by atoms with van der Waals surface area (Å²) in [7, 11) is 0. The van der Waals surface area contributed by atoms with Crippen LogP contribution in [0.1, 0.15) is 49.5 Å². The lowest BCUT2D eigenvalue weighted by molar-refractivity contribution is 0.0954. The predicted octanol–water partition coefficient (Wildman–Crippen LogP) is 3.69. The van der Waals surface area contributed by atoms with Crippen LogP contribution in [0, 0.1) is 6.92 Å². The van der Waals surface area contributed by atoms with Crippen LogP contribution in [-0.2, 0) is 0 Å². The van der Waals surface area contributed by atoms with E-state index in [9.17, 15) is 4.79 Å². The van der Waals surface area contributed by atoms with Gasteiger partial charge < -0.3 is 4.90 Å². The molecular formula is C16H25NO. The van der Waals surface area contributed by atoms with Crippen LogP contribution < -0.4 is 0 Å². The van der Waals surface area contributed by atoms with E-state index in [0.29, 0.717) is 12.5 Å². The first-order valence-corrected chi connectivity index (χ1v) is 6.92. The molecule has 0 bridgehead atoms. The molecule has 0 heterocycles. The van der Waals surface area contributed by atoms with Crippen LogP contribution in [0.3, 0.4) is 0 Å². The number of hydrogen-bond acceptors (Lipinski definition) is 2. The van der Waals surface area contributed by atoms with E-state index >= 15 is 0 Å². The molecule has 0 aliphatic heterocycles. The summed E-state index contributed by atoms with van der Waals surface area (Å²) in [5, 5.41) is 0. The van der Waals surface area contributed by atoms with E-state index in [1.807, 2.05) is 31.2 Å². The molecule has 0 aliphatic carbocycles. The van der Waals surface area contributed by atoms with E-state index in [-0.39, 0.29) is 5.78 Å². The Bertz CT molecular complexity index is 386. The highest BCUT2D eigenvalue weighted by atomic mass is 16.1. The first-order valence-electron chi connectivity index (χ1n) is 6.92. The second-order valence-corrected chi connectivity index (χ2v) is 4.93. The molecule has 0 aromatic heterocycles. The van der Waals surface area contributed by atoms with Crippen molar-refractivity contribution in [1.82, 2.24) is 4.90 Å². The average Bonchev–Trinajstić information content (AvgIpc) is 2.38. The van der Waals surface area contributed by atoms with Gasteiger partial charge in [-0.2, -0.15) is 0 Å². The summed E-state index contributed by atoms with van der Waals surface area (Å²) in [6.07, 6.45) is 1.74. The third-order valence-corrected chi connectivity index (χ3v) is 3.59. The molecule has 0 fully saturated rings. The zero-order valence-corrected chi connectivity index (χ0v) is 12.1. The molecule has 0 amide bonds. The fourth-order valence-corrected chi connectivity index (χ4v) is 2.16. The molecule has 1 unspecified atom stereocenters. The van der Waals surface area contributed by atoms with E-state index in [0.717, 1.165) is 30.6 Å². The second-order valence-electron chi connectivity index (χ2n) is 4.93. The molecule has 1 aromatic carbocycles. The Morgan fingerprint density at radius 1 is 1.33 bits per heavy atom. The van der Waals surface area contributed by atoms with Gasteiger partial charge in [0.1, 0.15) is 0 Å². The number of aryl methyl sites for hydroxylation is 1.